The van der Waals surface area contributed by atoms with E-state index in [-0.39, 0.29) is 18.5 Å². The number of aromatic nitrogens is 1. The van der Waals surface area contributed by atoms with Crippen LogP contribution in [0.25, 0.3) is 0 Å². The Morgan fingerprint density at radius 1 is 1.32 bits per heavy atom. The fourth-order valence-corrected chi connectivity index (χ4v) is 3.20. The van der Waals surface area contributed by atoms with Crippen molar-refractivity contribution in [2.24, 2.45) is 0 Å². The lowest BCUT2D eigenvalue weighted by Gasteiger charge is -2.35. The van der Waals surface area contributed by atoms with Crippen LogP contribution in [0.2, 0.25) is 0 Å². The quantitative estimate of drug-likeness (QED) is 0.910. The third-order valence-electron chi connectivity index (χ3n) is 4.56. The molecule has 0 aliphatic heterocycles. The average molecular weight is 298 g/mol. The van der Waals surface area contributed by atoms with E-state index in [9.17, 15) is 9.90 Å². The molecule has 1 aliphatic rings. The van der Waals surface area contributed by atoms with Gasteiger partial charge in [-0.2, -0.15) is 0 Å². The van der Waals surface area contributed by atoms with Crippen molar-refractivity contribution in [2.75, 3.05) is 6.54 Å². The normalized spacial score (nSPS) is 21.9. The maximum atomic E-state index is 12.3. The number of rotatable bonds is 4. The minimum absolute atomic E-state index is 0.0762. The fourth-order valence-electron chi connectivity index (χ4n) is 3.20. The molecule has 0 spiro atoms. The Hall–Kier alpha value is -2.07. The van der Waals surface area contributed by atoms with Gasteiger partial charge in [0.1, 0.15) is 11.6 Å². The first-order valence-corrected chi connectivity index (χ1v) is 7.81. The highest BCUT2D eigenvalue weighted by Gasteiger charge is 2.34. The molecule has 0 saturated heterocycles. The molecular formula is C18H22N2O2. The maximum absolute atomic E-state index is 12.3. The highest BCUT2D eigenvalue weighted by Crippen LogP contribution is 2.34. The zero-order valence-corrected chi connectivity index (χ0v) is 12.8. The van der Waals surface area contributed by atoms with Crippen LogP contribution in [-0.4, -0.2) is 22.1 Å². The molecule has 0 radical (unpaired) electrons. The molecule has 2 N–H and O–H groups in total. The summed E-state index contributed by atoms with van der Waals surface area (Å²) in [7, 11) is 0. The number of aryl methyl sites for hydroxylation is 1. The first kappa shape index (κ1) is 14.9. The van der Waals surface area contributed by atoms with Crippen LogP contribution in [0.15, 0.2) is 48.8 Å². The molecule has 1 heterocycles. The van der Waals surface area contributed by atoms with E-state index in [2.05, 4.69) is 11.4 Å². The Balaban J connectivity index is 1.70. The van der Waals surface area contributed by atoms with Crippen LogP contribution in [0.5, 0.6) is 0 Å². The molecular weight excluding hydrogens is 276 g/mol. The van der Waals surface area contributed by atoms with Crippen LogP contribution in [0.4, 0.5) is 0 Å². The number of nitrogens with one attached hydrogen (secondary N) is 1. The van der Waals surface area contributed by atoms with Crippen molar-refractivity contribution in [3.05, 3.63) is 59.9 Å². The molecule has 3 rings (SSSR count). The van der Waals surface area contributed by atoms with Gasteiger partial charge < -0.3 is 15.0 Å². The van der Waals surface area contributed by atoms with Crippen LogP contribution < -0.4 is 5.32 Å². The topological polar surface area (TPSA) is 54.3 Å². The zero-order valence-electron chi connectivity index (χ0n) is 12.8. The summed E-state index contributed by atoms with van der Waals surface area (Å²) in [5, 5.41) is 13.9. The van der Waals surface area contributed by atoms with Crippen LogP contribution in [0.1, 0.15) is 36.9 Å². The van der Waals surface area contributed by atoms with E-state index in [1.54, 1.807) is 0 Å². The summed E-state index contributed by atoms with van der Waals surface area (Å²) in [6, 6.07) is 11.5. The second kappa shape index (κ2) is 5.97. The van der Waals surface area contributed by atoms with E-state index in [0.717, 1.165) is 18.4 Å². The molecule has 0 fully saturated rings. The van der Waals surface area contributed by atoms with Gasteiger partial charge in [0.25, 0.3) is 0 Å². The second-order valence-electron chi connectivity index (χ2n) is 6.07. The minimum atomic E-state index is -0.957. The lowest BCUT2D eigenvalue weighted by molar-refractivity contribution is -0.125. The van der Waals surface area contributed by atoms with Crippen LogP contribution >= 0.6 is 0 Å². The number of benzene rings is 1. The number of aliphatic hydroxyl groups is 1. The number of amides is 1. The lowest BCUT2D eigenvalue weighted by Crippen LogP contribution is -2.44. The van der Waals surface area contributed by atoms with E-state index < -0.39 is 5.60 Å². The Morgan fingerprint density at radius 2 is 2.05 bits per heavy atom. The van der Waals surface area contributed by atoms with E-state index in [0.29, 0.717) is 6.42 Å². The molecule has 2 aromatic rings. The molecule has 1 aliphatic carbocycles. The molecule has 1 amide bonds. The number of nitrogens with zero attached hydrogens (tertiary/aromatic N) is 1. The number of carbonyl (C=O) groups is 1. The number of carbonyl (C=O) groups excluding carboxylic acids is 1. The summed E-state index contributed by atoms with van der Waals surface area (Å²) in [5.74, 6) is -0.0762. The van der Waals surface area contributed by atoms with Crippen molar-refractivity contribution in [2.45, 2.75) is 37.8 Å². The number of hydrogen-bond acceptors (Lipinski definition) is 2. The van der Waals surface area contributed by atoms with Crippen molar-refractivity contribution in [1.82, 2.24) is 9.88 Å². The van der Waals surface area contributed by atoms with E-state index >= 15 is 0 Å². The summed E-state index contributed by atoms with van der Waals surface area (Å²) < 4.78 is 1.86. The van der Waals surface area contributed by atoms with Gasteiger partial charge in [-0.05, 0) is 49.4 Å². The predicted molar refractivity (Wildman–Crippen MR) is 85.4 cm³/mol. The van der Waals surface area contributed by atoms with Gasteiger partial charge in [0.2, 0.25) is 5.91 Å². The first-order valence-electron chi connectivity index (χ1n) is 7.81. The van der Waals surface area contributed by atoms with Crippen LogP contribution in [-0.2, 0) is 16.8 Å². The molecule has 0 bridgehead atoms. The van der Waals surface area contributed by atoms with Gasteiger partial charge in [0.05, 0.1) is 6.54 Å². The van der Waals surface area contributed by atoms with Gasteiger partial charge in [0.15, 0.2) is 0 Å². The number of fused-ring (bicyclic) bond motifs is 1. The molecule has 4 heteroatoms. The highest BCUT2D eigenvalue weighted by molar-refractivity contribution is 5.80. The van der Waals surface area contributed by atoms with E-state index in [4.69, 9.17) is 0 Å². The van der Waals surface area contributed by atoms with Crippen molar-refractivity contribution >= 4 is 5.91 Å². The highest BCUT2D eigenvalue weighted by atomic mass is 16.3. The van der Waals surface area contributed by atoms with Crippen molar-refractivity contribution in [3.63, 3.8) is 0 Å². The van der Waals surface area contributed by atoms with Gasteiger partial charge in [-0.1, -0.05) is 24.3 Å². The van der Waals surface area contributed by atoms with Gasteiger partial charge in [-0.15, -0.1) is 0 Å². The first-order chi connectivity index (χ1) is 10.6. The number of hydrogen-bond donors (Lipinski definition) is 2. The van der Waals surface area contributed by atoms with Gasteiger partial charge in [0, 0.05) is 12.4 Å². The van der Waals surface area contributed by atoms with E-state index in [1.165, 1.54) is 5.56 Å². The molecule has 2 unspecified atom stereocenters. The standard InChI is InChI=1S/C18H22N2O2/c1-14(20-11-4-5-12-20)17(21)19-13-18(22)10-6-8-15-7-2-3-9-16(15)18/h2-5,7,9,11-12,14,22H,6,8,10,13H2,1H3,(H,19,21). The Kier molecular flexibility index (Phi) is 4.03. The lowest BCUT2D eigenvalue weighted by atomic mass is 9.79. The summed E-state index contributed by atoms with van der Waals surface area (Å²) in [6.07, 6.45) is 6.36. The van der Waals surface area contributed by atoms with Crippen LogP contribution in [0, 0.1) is 0 Å². The van der Waals surface area contributed by atoms with Crippen molar-refractivity contribution in [3.8, 4) is 0 Å². The Bertz CT molecular complexity index is 651. The molecule has 4 nitrogen and oxygen atoms in total. The largest absolute Gasteiger partial charge is 0.383 e. The molecule has 0 saturated carbocycles. The average Bonchev–Trinajstić information content (AvgIpc) is 3.07. The maximum Gasteiger partial charge on any atom is 0.242 e. The fraction of sp³-hybridized carbons (Fsp3) is 0.389. The van der Waals surface area contributed by atoms with Gasteiger partial charge in [-0.3, -0.25) is 4.79 Å². The molecule has 2 atom stereocenters. The van der Waals surface area contributed by atoms with Gasteiger partial charge in [-0.25, -0.2) is 0 Å². The SMILES string of the molecule is CC(C(=O)NCC1(O)CCCc2ccccc21)n1cccc1. The van der Waals surface area contributed by atoms with Crippen molar-refractivity contribution < 1.29 is 9.90 Å². The summed E-state index contributed by atoms with van der Waals surface area (Å²) in [4.78, 5) is 12.3. The zero-order chi connectivity index (χ0) is 15.6. The third kappa shape index (κ3) is 2.79. The summed E-state index contributed by atoms with van der Waals surface area (Å²) >= 11 is 0. The summed E-state index contributed by atoms with van der Waals surface area (Å²) in [5.41, 5.74) is 1.18. The van der Waals surface area contributed by atoms with Crippen LogP contribution in [0.3, 0.4) is 0 Å². The molecule has 22 heavy (non-hydrogen) atoms. The smallest absolute Gasteiger partial charge is 0.242 e. The second-order valence-corrected chi connectivity index (χ2v) is 6.07. The summed E-state index contributed by atoms with van der Waals surface area (Å²) in [6.45, 7) is 2.11. The Labute approximate surface area is 130 Å². The molecule has 1 aromatic carbocycles. The molecule has 1 aromatic heterocycles. The predicted octanol–water partition coefficient (Wildman–Crippen LogP) is 2.39. The minimum Gasteiger partial charge on any atom is -0.383 e. The van der Waals surface area contributed by atoms with E-state index in [1.807, 2.05) is 54.2 Å². The monoisotopic (exact) mass is 298 g/mol. The third-order valence-corrected chi connectivity index (χ3v) is 4.56. The van der Waals surface area contributed by atoms with Gasteiger partial charge >= 0.3 is 0 Å². The van der Waals surface area contributed by atoms with Crippen molar-refractivity contribution in [1.29, 1.82) is 0 Å². The Morgan fingerprint density at radius 3 is 2.82 bits per heavy atom. The molecule has 116 valence electrons.